The normalized spacial score (nSPS) is 14.8. The summed E-state index contributed by atoms with van der Waals surface area (Å²) in [6.45, 7) is 1.10. The molecular weight excluding hydrogens is 454 g/mol. The quantitative estimate of drug-likeness (QED) is 0.401. The van der Waals surface area contributed by atoms with Crippen LogP contribution in [0.15, 0.2) is 35.5 Å². The van der Waals surface area contributed by atoms with E-state index < -0.39 is 56.1 Å². The van der Waals surface area contributed by atoms with Gasteiger partial charge in [0.15, 0.2) is 5.82 Å². The minimum absolute atomic E-state index is 0.180. The molecule has 0 aliphatic carbocycles. The molecule has 0 spiro atoms. The maximum Gasteiger partial charge on any atom is 0.416 e. The van der Waals surface area contributed by atoms with E-state index in [0.29, 0.717) is 0 Å². The van der Waals surface area contributed by atoms with E-state index in [-0.39, 0.29) is 12.1 Å². The Balaban J connectivity index is 2.43. The molecule has 0 saturated heterocycles. The van der Waals surface area contributed by atoms with Gasteiger partial charge in [-0.05, 0) is 18.2 Å². The van der Waals surface area contributed by atoms with Crippen LogP contribution in [-0.4, -0.2) is 26.6 Å². The van der Waals surface area contributed by atoms with Crippen molar-refractivity contribution in [1.29, 1.82) is 0 Å². The lowest BCUT2D eigenvalue weighted by Gasteiger charge is -2.40. The van der Waals surface area contributed by atoms with Crippen molar-refractivity contribution in [3.8, 4) is 11.4 Å². The van der Waals surface area contributed by atoms with E-state index in [9.17, 15) is 42.2 Å². The summed E-state index contributed by atoms with van der Waals surface area (Å²) < 4.78 is 105. The molecule has 30 heavy (non-hydrogen) atoms. The number of carbonyl (C=O) groups is 2. The number of hydrogen-bond acceptors (Lipinski definition) is 4. The van der Waals surface area contributed by atoms with Gasteiger partial charge < -0.3 is 0 Å². The second-order valence-electron chi connectivity index (χ2n) is 5.75. The van der Waals surface area contributed by atoms with Gasteiger partial charge in [-0.1, -0.05) is 19.4 Å². The summed E-state index contributed by atoms with van der Waals surface area (Å²) in [7, 11) is -10.4. The molecular formula is C14H11F8N5O2S. The number of halogens is 8. The van der Waals surface area contributed by atoms with Gasteiger partial charge >= 0.3 is 16.4 Å². The minimum Gasteiger partial charge on any atom is -0.274 e. The summed E-state index contributed by atoms with van der Waals surface area (Å²) in [4.78, 5) is 22.7. The van der Waals surface area contributed by atoms with Gasteiger partial charge in [0.05, 0.1) is 5.56 Å². The van der Waals surface area contributed by atoms with Crippen LogP contribution in [0.3, 0.4) is 0 Å². The number of nitrogens with zero attached hydrogens (tertiary/aromatic N) is 3. The van der Waals surface area contributed by atoms with Crippen LogP contribution in [0.4, 0.5) is 32.6 Å². The number of hydrazine groups is 1. The standard InChI is InChI=1S/C14H11F8N5O2S/c1-8(28)24-25-12(29)2-3-27-7-23-13(26-27)9-4-10(14(15,16)17)6-11(5-9)30(18,19,20,21)22/h2-7H,1H3,(H,24,28)(H,25,29)/b3-2-. The van der Waals surface area contributed by atoms with Crippen molar-refractivity contribution in [3.05, 3.63) is 36.2 Å². The molecule has 0 aliphatic heterocycles. The molecule has 1 aromatic carbocycles. The number of alkyl halides is 3. The van der Waals surface area contributed by atoms with Crippen LogP contribution in [0.25, 0.3) is 17.6 Å². The second kappa shape index (κ2) is 6.68. The molecule has 0 bridgehead atoms. The van der Waals surface area contributed by atoms with Crippen LogP contribution >= 0.6 is 10.2 Å². The van der Waals surface area contributed by atoms with Crippen LogP contribution in [0.5, 0.6) is 0 Å². The first kappa shape index (κ1) is 23.1. The maximum absolute atomic E-state index is 13.1. The van der Waals surface area contributed by atoms with E-state index in [2.05, 4.69) is 10.1 Å². The van der Waals surface area contributed by atoms with Gasteiger partial charge in [0.1, 0.15) is 11.2 Å². The fraction of sp³-hybridized carbons (Fsp3) is 0.143. The maximum atomic E-state index is 13.1. The van der Waals surface area contributed by atoms with Crippen molar-refractivity contribution in [3.63, 3.8) is 0 Å². The second-order valence-corrected chi connectivity index (χ2v) is 8.16. The van der Waals surface area contributed by atoms with Gasteiger partial charge in [-0.25, -0.2) is 9.67 Å². The van der Waals surface area contributed by atoms with E-state index in [4.69, 9.17) is 0 Å². The first-order chi connectivity index (χ1) is 13.3. The summed E-state index contributed by atoms with van der Waals surface area (Å²) >= 11 is 0. The van der Waals surface area contributed by atoms with Gasteiger partial charge in [0, 0.05) is 24.8 Å². The fourth-order valence-corrected chi connectivity index (χ4v) is 2.63. The largest absolute Gasteiger partial charge is 0.416 e. The number of benzene rings is 1. The van der Waals surface area contributed by atoms with Crippen molar-refractivity contribution in [2.24, 2.45) is 0 Å². The summed E-state index contributed by atoms with van der Waals surface area (Å²) in [5.74, 6) is -2.19. The molecule has 2 rings (SSSR count). The Hall–Kier alpha value is -3.17. The topological polar surface area (TPSA) is 88.9 Å². The monoisotopic (exact) mass is 465 g/mol. The molecule has 0 saturated carbocycles. The lowest BCUT2D eigenvalue weighted by Crippen LogP contribution is -2.39. The molecule has 2 aromatic rings. The van der Waals surface area contributed by atoms with Crippen LogP contribution in [0, 0.1) is 0 Å². The zero-order valence-electron chi connectivity index (χ0n) is 14.6. The van der Waals surface area contributed by atoms with Crippen LogP contribution in [0.2, 0.25) is 0 Å². The van der Waals surface area contributed by atoms with E-state index >= 15 is 0 Å². The van der Waals surface area contributed by atoms with Crippen LogP contribution < -0.4 is 10.9 Å². The number of amides is 2. The smallest absolute Gasteiger partial charge is 0.274 e. The average Bonchev–Trinajstić information content (AvgIpc) is 3.04. The third kappa shape index (κ3) is 6.16. The van der Waals surface area contributed by atoms with Crippen molar-refractivity contribution in [1.82, 2.24) is 25.6 Å². The molecule has 1 aromatic heterocycles. The van der Waals surface area contributed by atoms with Gasteiger partial charge in [-0.15, -0.1) is 5.10 Å². The number of hydrogen-bond donors (Lipinski definition) is 2. The minimum atomic E-state index is -10.4. The highest BCUT2D eigenvalue weighted by Crippen LogP contribution is 3.02. The molecule has 0 radical (unpaired) electrons. The highest BCUT2D eigenvalue weighted by molar-refractivity contribution is 8.45. The predicted octanol–water partition coefficient (Wildman–Crippen LogP) is 4.26. The third-order valence-electron chi connectivity index (χ3n) is 3.19. The molecule has 7 nitrogen and oxygen atoms in total. The Bertz CT molecular complexity index is 1030. The first-order valence-corrected chi connectivity index (χ1v) is 9.43. The molecule has 0 aliphatic rings. The molecule has 0 atom stereocenters. The highest BCUT2D eigenvalue weighted by atomic mass is 32.5. The Morgan fingerprint density at radius 2 is 1.70 bits per heavy atom. The molecule has 1 heterocycles. The van der Waals surface area contributed by atoms with Gasteiger partial charge in [-0.2, -0.15) is 13.2 Å². The molecule has 2 amide bonds. The van der Waals surface area contributed by atoms with Crippen molar-refractivity contribution in [2.75, 3.05) is 0 Å². The summed E-state index contributed by atoms with van der Waals surface area (Å²) in [5.41, 5.74) is 0.938. The zero-order valence-corrected chi connectivity index (χ0v) is 15.4. The zero-order chi connectivity index (χ0) is 23.0. The Kier molecular flexibility index (Phi) is 5.15. The fourth-order valence-electron chi connectivity index (χ4n) is 1.93. The molecule has 0 unspecified atom stereocenters. The number of rotatable bonds is 4. The van der Waals surface area contributed by atoms with Crippen molar-refractivity contribution < 1.29 is 42.2 Å². The summed E-state index contributed by atoms with van der Waals surface area (Å²) in [6.07, 6.45) is -2.86. The summed E-state index contributed by atoms with van der Waals surface area (Å²) in [6, 6.07) is -0.697. The molecule has 16 heteroatoms. The Morgan fingerprint density at radius 1 is 1.07 bits per heavy atom. The SMILES string of the molecule is CC(=O)NNC(=O)/C=C\n1cnc(-c2cc(C(F)(F)F)cc(S(F)(F)(F)(F)F)c2)n1. The molecule has 166 valence electrons. The van der Waals surface area contributed by atoms with Crippen molar-refractivity contribution in [2.45, 2.75) is 18.0 Å². The lowest BCUT2D eigenvalue weighted by molar-refractivity contribution is -0.137. The predicted molar refractivity (Wildman–Crippen MR) is 89.1 cm³/mol. The van der Waals surface area contributed by atoms with Crippen LogP contribution in [0.1, 0.15) is 12.5 Å². The summed E-state index contributed by atoms with van der Waals surface area (Å²) in [5, 5.41) is 3.52. The highest BCUT2D eigenvalue weighted by Gasteiger charge is 2.66. The van der Waals surface area contributed by atoms with Crippen molar-refractivity contribution >= 4 is 28.2 Å². The van der Waals surface area contributed by atoms with Gasteiger partial charge in [-0.3, -0.25) is 20.4 Å². The number of nitrogens with one attached hydrogen (secondary N) is 2. The van der Waals surface area contributed by atoms with E-state index in [1.54, 1.807) is 0 Å². The van der Waals surface area contributed by atoms with Gasteiger partial charge in [0.2, 0.25) is 5.91 Å². The lowest BCUT2D eigenvalue weighted by atomic mass is 10.1. The number of aromatic nitrogens is 3. The molecule has 0 fully saturated rings. The first-order valence-electron chi connectivity index (χ1n) is 7.48. The van der Waals surface area contributed by atoms with E-state index in [0.717, 1.165) is 30.2 Å². The Labute approximate surface area is 162 Å². The van der Waals surface area contributed by atoms with E-state index in [1.807, 2.05) is 10.9 Å². The van der Waals surface area contributed by atoms with Crippen LogP contribution in [-0.2, 0) is 15.8 Å². The van der Waals surface area contributed by atoms with E-state index in [1.165, 1.54) is 0 Å². The molecule has 2 N–H and O–H groups in total. The van der Waals surface area contributed by atoms with Gasteiger partial charge in [0.25, 0.3) is 5.91 Å². The number of carbonyl (C=O) groups excluding carboxylic acids is 2. The third-order valence-corrected chi connectivity index (χ3v) is 4.31. The Morgan fingerprint density at radius 3 is 2.23 bits per heavy atom. The average molecular weight is 465 g/mol.